The van der Waals surface area contributed by atoms with Gasteiger partial charge in [0.15, 0.2) is 0 Å². The van der Waals surface area contributed by atoms with Crippen molar-refractivity contribution in [2.45, 2.75) is 4.90 Å². The molecule has 24 heavy (non-hydrogen) atoms. The van der Waals surface area contributed by atoms with Crippen LogP contribution in [0.1, 0.15) is 10.4 Å². The van der Waals surface area contributed by atoms with E-state index in [0.717, 1.165) is 0 Å². The Labute approximate surface area is 144 Å². The molecule has 0 radical (unpaired) electrons. The van der Waals surface area contributed by atoms with E-state index in [9.17, 15) is 13.2 Å². The smallest absolute Gasteiger partial charge is 0.266 e. The maximum absolute atomic E-state index is 12.4. The maximum atomic E-state index is 12.4. The highest BCUT2D eigenvalue weighted by atomic mass is 35.5. The number of carbonyl (C=O) groups excluding carboxylic acids is 1. The number of sulfonamides is 1. The van der Waals surface area contributed by atoms with Gasteiger partial charge in [0.2, 0.25) is 0 Å². The second-order valence-electron chi connectivity index (χ2n) is 4.59. The van der Waals surface area contributed by atoms with Crippen LogP contribution in [0.25, 0.3) is 0 Å². The number of ether oxygens (including phenoxy) is 2. The van der Waals surface area contributed by atoms with E-state index in [-0.39, 0.29) is 16.2 Å². The highest BCUT2D eigenvalue weighted by molar-refractivity contribution is 7.89. The normalized spacial score (nSPS) is 11.0. The van der Waals surface area contributed by atoms with Crippen molar-refractivity contribution < 1.29 is 22.7 Å². The van der Waals surface area contributed by atoms with Crippen LogP contribution >= 0.6 is 11.6 Å². The van der Waals surface area contributed by atoms with E-state index in [1.165, 1.54) is 38.5 Å². The van der Waals surface area contributed by atoms with Crippen LogP contribution < -0.4 is 19.7 Å². The van der Waals surface area contributed by atoms with Gasteiger partial charge >= 0.3 is 0 Å². The minimum Gasteiger partial charge on any atom is -0.497 e. The van der Waals surface area contributed by atoms with Gasteiger partial charge in [0.05, 0.1) is 14.2 Å². The first kappa shape index (κ1) is 18.1. The molecule has 0 saturated carbocycles. The van der Waals surface area contributed by atoms with E-state index < -0.39 is 15.9 Å². The van der Waals surface area contributed by atoms with Gasteiger partial charge in [-0.25, -0.2) is 8.42 Å². The summed E-state index contributed by atoms with van der Waals surface area (Å²) in [4.78, 5) is 13.8. The Morgan fingerprint density at radius 1 is 1.08 bits per heavy atom. The molecule has 2 N–H and O–H groups in total. The summed E-state index contributed by atoms with van der Waals surface area (Å²) < 4.78 is 34.8. The van der Waals surface area contributed by atoms with Gasteiger partial charge in [0.25, 0.3) is 15.9 Å². The number of hydrogen-bond donors (Lipinski definition) is 2. The Hall–Kier alpha value is -2.29. The molecule has 2 aromatic rings. The van der Waals surface area contributed by atoms with Gasteiger partial charge < -0.3 is 9.47 Å². The number of rotatable bonds is 6. The number of halogens is 1. The van der Waals surface area contributed by atoms with Gasteiger partial charge in [-0.2, -0.15) is 0 Å². The third-order valence-corrected chi connectivity index (χ3v) is 4.55. The van der Waals surface area contributed by atoms with Crippen LogP contribution in [0, 0.1) is 0 Å². The molecule has 7 nitrogen and oxygen atoms in total. The van der Waals surface area contributed by atoms with E-state index in [4.69, 9.17) is 21.1 Å². The molecule has 0 unspecified atom stereocenters. The highest BCUT2D eigenvalue weighted by Crippen LogP contribution is 2.27. The van der Waals surface area contributed by atoms with Gasteiger partial charge in [-0.3, -0.25) is 10.2 Å². The summed E-state index contributed by atoms with van der Waals surface area (Å²) in [6, 6.07) is 10.4. The fourth-order valence-electron chi connectivity index (χ4n) is 1.86. The molecule has 0 saturated heterocycles. The molecule has 9 heteroatoms. The quantitative estimate of drug-likeness (QED) is 0.758. The molecule has 0 aliphatic heterocycles. The summed E-state index contributed by atoms with van der Waals surface area (Å²) in [5.74, 6) is -0.208. The van der Waals surface area contributed by atoms with Gasteiger partial charge in [-0.05, 0) is 30.3 Å². The Bertz CT molecular complexity index is 855. The van der Waals surface area contributed by atoms with Crippen molar-refractivity contribution in [3.05, 3.63) is 53.1 Å². The Balaban J connectivity index is 2.21. The van der Waals surface area contributed by atoms with Crippen LogP contribution in [0.3, 0.4) is 0 Å². The third kappa shape index (κ3) is 4.16. The second kappa shape index (κ2) is 7.52. The van der Waals surface area contributed by atoms with E-state index >= 15 is 0 Å². The molecule has 0 aromatic heterocycles. The fourth-order valence-corrected chi connectivity index (χ4v) is 3.08. The minimum absolute atomic E-state index is 0.111. The predicted molar refractivity (Wildman–Crippen MR) is 88.8 cm³/mol. The maximum Gasteiger partial charge on any atom is 0.266 e. The van der Waals surface area contributed by atoms with Gasteiger partial charge in [-0.1, -0.05) is 17.7 Å². The third-order valence-electron chi connectivity index (χ3n) is 3.05. The fraction of sp³-hybridized carbons (Fsp3) is 0.133. The lowest BCUT2D eigenvalue weighted by Gasteiger charge is -2.12. The van der Waals surface area contributed by atoms with Gasteiger partial charge in [-0.15, -0.1) is 4.83 Å². The number of benzene rings is 2. The molecule has 128 valence electrons. The highest BCUT2D eigenvalue weighted by Gasteiger charge is 2.21. The number of hydrogen-bond acceptors (Lipinski definition) is 5. The zero-order valence-corrected chi connectivity index (χ0v) is 14.4. The first-order chi connectivity index (χ1) is 11.4. The predicted octanol–water partition coefficient (Wildman–Crippen LogP) is 1.98. The van der Waals surface area contributed by atoms with Crippen LogP contribution in [0.2, 0.25) is 5.02 Å². The molecule has 1 amide bonds. The summed E-state index contributed by atoms with van der Waals surface area (Å²) in [5.41, 5.74) is 2.33. The average molecular weight is 371 g/mol. The first-order valence-corrected chi connectivity index (χ1v) is 8.53. The summed E-state index contributed by atoms with van der Waals surface area (Å²) in [5, 5.41) is 0.361. The first-order valence-electron chi connectivity index (χ1n) is 6.67. The van der Waals surface area contributed by atoms with E-state index in [1.807, 2.05) is 4.83 Å². The Morgan fingerprint density at radius 2 is 1.83 bits per heavy atom. The van der Waals surface area contributed by atoms with Crippen LogP contribution in [0.5, 0.6) is 11.5 Å². The molecular weight excluding hydrogens is 356 g/mol. The minimum atomic E-state index is -4.07. The van der Waals surface area contributed by atoms with Crippen molar-refractivity contribution >= 4 is 27.5 Å². The van der Waals surface area contributed by atoms with E-state index in [2.05, 4.69) is 5.43 Å². The standard InChI is InChI=1S/C15H15ClN2O5S/c1-22-12-6-7-13(23-2)14(9-12)24(20,21)18-17-15(19)10-4-3-5-11(16)8-10/h3-9,18H,1-2H3,(H,17,19). The van der Waals surface area contributed by atoms with E-state index in [1.54, 1.807) is 18.2 Å². The average Bonchev–Trinajstić information content (AvgIpc) is 2.59. The molecule has 0 atom stereocenters. The van der Waals surface area contributed by atoms with Crippen LogP contribution in [-0.4, -0.2) is 28.5 Å². The molecule has 0 aliphatic rings. The van der Waals surface area contributed by atoms with Crippen LogP contribution in [0.15, 0.2) is 47.4 Å². The van der Waals surface area contributed by atoms with Crippen molar-refractivity contribution in [3.63, 3.8) is 0 Å². The molecular formula is C15H15ClN2O5S. The molecule has 0 spiro atoms. The topological polar surface area (TPSA) is 93.7 Å². The second-order valence-corrected chi connectivity index (χ2v) is 6.67. The van der Waals surface area contributed by atoms with Gasteiger partial charge in [0, 0.05) is 16.7 Å². The zero-order chi connectivity index (χ0) is 17.7. The number of carbonyl (C=O) groups is 1. The van der Waals surface area contributed by atoms with Crippen molar-refractivity contribution in [1.82, 2.24) is 10.3 Å². The largest absolute Gasteiger partial charge is 0.497 e. The summed E-state index contributed by atoms with van der Waals surface area (Å²) in [7, 11) is -1.32. The molecule has 2 aromatic carbocycles. The number of hydrazine groups is 1. The molecule has 0 aliphatic carbocycles. The van der Waals surface area contributed by atoms with Gasteiger partial charge in [0.1, 0.15) is 16.4 Å². The summed E-state index contributed by atoms with van der Waals surface area (Å²) >= 11 is 5.80. The molecule has 2 rings (SSSR count). The van der Waals surface area contributed by atoms with Crippen molar-refractivity contribution in [2.75, 3.05) is 14.2 Å². The van der Waals surface area contributed by atoms with Crippen molar-refractivity contribution in [1.29, 1.82) is 0 Å². The van der Waals surface area contributed by atoms with Crippen molar-refractivity contribution in [2.24, 2.45) is 0 Å². The zero-order valence-electron chi connectivity index (χ0n) is 12.9. The lowest BCUT2D eigenvalue weighted by molar-refractivity contribution is 0.0945. The summed E-state index contributed by atoms with van der Waals surface area (Å²) in [6.07, 6.45) is 0. The number of amides is 1. The van der Waals surface area contributed by atoms with Crippen LogP contribution in [-0.2, 0) is 10.0 Å². The lowest BCUT2D eigenvalue weighted by Crippen LogP contribution is -2.41. The number of nitrogens with one attached hydrogen (secondary N) is 2. The monoisotopic (exact) mass is 370 g/mol. The Morgan fingerprint density at radius 3 is 2.46 bits per heavy atom. The van der Waals surface area contributed by atoms with Crippen molar-refractivity contribution in [3.8, 4) is 11.5 Å². The lowest BCUT2D eigenvalue weighted by atomic mass is 10.2. The van der Waals surface area contributed by atoms with Crippen LogP contribution in [0.4, 0.5) is 0 Å². The molecule has 0 bridgehead atoms. The number of methoxy groups -OCH3 is 2. The SMILES string of the molecule is COc1ccc(OC)c(S(=O)(=O)NNC(=O)c2cccc(Cl)c2)c1. The Kier molecular flexibility index (Phi) is 5.66. The molecule has 0 fully saturated rings. The molecule has 0 heterocycles. The summed E-state index contributed by atoms with van der Waals surface area (Å²) in [6.45, 7) is 0. The van der Waals surface area contributed by atoms with E-state index in [0.29, 0.717) is 10.8 Å².